The van der Waals surface area contributed by atoms with E-state index in [0.29, 0.717) is 5.75 Å². The molecule has 0 radical (unpaired) electrons. The molecule has 1 rings (SSSR count). The number of hydrogen-bond donors (Lipinski definition) is 0. The molecule has 1 aromatic rings. The molecule has 0 atom stereocenters. The molecule has 7 heteroatoms. The van der Waals surface area contributed by atoms with Crippen LogP contribution in [0.15, 0.2) is 24.3 Å². The summed E-state index contributed by atoms with van der Waals surface area (Å²) in [5, 5.41) is 0. The number of methoxy groups -OCH3 is 2. The Balaban J connectivity index is 2.75. The number of ketones is 1. The number of carbonyl (C=O) groups excluding carboxylic acids is 2. The van der Waals surface area contributed by atoms with Crippen LogP contribution >= 0.6 is 0 Å². The maximum atomic E-state index is 11.8. The average molecular weight is 286 g/mol. The number of hydrogen-bond acceptors (Lipinski definition) is 6. The van der Waals surface area contributed by atoms with Crippen LogP contribution in [-0.2, 0) is 19.4 Å². The van der Waals surface area contributed by atoms with Crippen molar-refractivity contribution in [3.63, 3.8) is 0 Å². The van der Waals surface area contributed by atoms with E-state index in [0.717, 1.165) is 7.11 Å². The molecule has 0 saturated carbocycles. The molecule has 0 saturated heterocycles. The molecule has 0 bridgehead atoms. The van der Waals surface area contributed by atoms with Crippen molar-refractivity contribution in [1.82, 2.24) is 0 Å². The molecule has 0 aromatic heterocycles. The largest absolute Gasteiger partial charge is 0.497 e. The average Bonchev–Trinajstić information content (AvgIpc) is 2.37. The SMILES string of the molecule is COC(=O)CS(=O)(=O)CC(=O)c1ccc(OC)cc1. The van der Waals surface area contributed by atoms with Gasteiger partial charge in [-0.15, -0.1) is 0 Å². The minimum absolute atomic E-state index is 0.245. The summed E-state index contributed by atoms with van der Waals surface area (Å²) >= 11 is 0. The number of sulfone groups is 1. The third-order valence-electron chi connectivity index (χ3n) is 2.33. The van der Waals surface area contributed by atoms with Crippen LogP contribution in [0.5, 0.6) is 5.75 Å². The van der Waals surface area contributed by atoms with Crippen molar-refractivity contribution in [3.8, 4) is 5.75 Å². The van der Waals surface area contributed by atoms with E-state index in [4.69, 9.17) is 4.74 Å². The first-order chi connectivity index (χ1) is 8.88. The van der Waals surface area contributed by atoms with Crippen LogP contribution in [0.25, 0.3) is 0 Å². The van der Waals surface area contributed by atoms with E-state index < -0.39 is 33.1 Å². The van der Waals surface area contributed by atoms with Crippen molar-refractivity contribution in [1.29, 1.82) is 0 Å². The summed E-state index contributed by atoms with van der Waals surface area (Å²) in [6.45, 7) is 0. The molecule has 0 amide bonds. The highest BCUT2D eigenvalue weighted by molar-refractivity contribution is 7.92. The fourth-order valence-corrected chi connectivity index (χ4v) is 2.49. The van der Waals surface area contributed by atoms with Crippen LogP contribution in [0, 0.1) is 0 Å². The lowest BCUT2D eigenvalue weighted by atomic mass is 10.1. The topological polar surface area (TPSA) is 86.7 Å². The van der Waals surface area contributed by atoms with Gasteiger partial charge in [-0.3, -0.25) is 9.59 Å². The van der Waals surface area contributed by atoms with Gasteiger partial charge in [-0.1, -0.05) is 0 Å². The third-order valence-corrected chi connectivity index (χ3v) is 3.71. The lowest BCUT2D eigenvalue weighted by Crippen LogP contribution is -2.24. The van der Waals surface area contributed by atoms with Crippen molar-refractivity contribution >= 4 is 21.6 Å². The lowest BCUT2D eigenvalue weighted by Gasteiger charge is -2.04. The second kappa shape index (κ2) is 6.33. The van der Waals surface area contributed by atoms with Gasteiger partial charge in [0.15, 0.2) is 15.6 Å². The molecular formula is C12H14O6S. The first-order valence-corrected chi connectivity index (χ1v) is 7.14. The molecule has 0 heterocycles. The van der Waals surface area contributed by atoms with Gasteiger partial charge in [0.25, 0.3) is 0 Å². The highest BCUT2D eigenvalue weighted by atomic mass is 32.2. The Labute approximate surface area is 111 Å². The molecule has 1 aromatic carbocycles. The van der Waals surface area contributed by atoms with E-state index in [1.54, 1.807) is 12.1 Å². The smallest absolute Gasteiger partial charge is 0.320 e. The zero-order valence-electron chi connectivity index (χ0n) is 10.6. The molecule has 104 valence electrons. The van der Waals surface area contributed by atoms with Crippen molar-refractivity contribution in [2.24, 2.45) is 0 Å². The summed E-state index contributed by atoms with van der Waals surface area (Å²) in [5.41, 5.74) is 0.245. The van der Waals surface area contributed by atoms with Crippen LogP contribution in [0.3, 0.4) is 0 Å². The summed E-state index contributed by atoms with van der Waals surface area (Å²) in [6, 6.07) is 6.05. The van der Waals surface area contributed by atoms with E-state index in [9.17, 15) is 18.0 Å². The maximum absolute atomic E-state index is 11.8. The van der Waals surface area contributed by atoms with E-state index in [1.807, 2.05) is 0 Å². The number of ether oxygens (including phenoxy) is 2. The van der Waals surface area contributed by atoms with Crippen LogP contribution in [0.1, 0.15) is 10.4 Å². The summed E-state index contributed by atoms with van der Waals surface area (Å²) in [5.74, 6) is -2.43. The Hall–Kier alpha value is -1.89. The van der Waals surface area contributed by atoms with Crippen LogP contribution in [-0.4, -0.2) is 45.9 Å². The van der Waals surface area contributed by atoms with Gasteiger partial charge in [0.05, 0.1) is 14.2 Å². The van der Waals surface area contributed by atoms with Gasteiger partial charge in [-0.2, -0.15) is 0 Å². The zero-order chi connectivity index (χ0) is 14.5. The fourth-order valence-electron chi connectivity index (χ4n) is 1.35. The summed E-state index contributed by atoms with van der Waals surface area (Å²) in [7, 11) is -1.24. The third kappa shape index (κ3) is 4.70. The van der Waals surface area contributed by atoms with Gasteiger partial charge in [0.2, 0.25) is 0 Å². The predicted octanol–water partition coefficient (Wildman–Crippen LogP) is 0.466. The van der Waals surface area contributed by atoms with Crippen LogP contribution in [0.4, 0.5) is 0 Å². The quantitative estimate of drug-likeness (QED) is 0.558. The number of carbonyl (C=O) groups is 2. The van der Waals surface area contributed by atoms with Crippen molar-refractivity contribution in [2.75, 3.05) is 25.7 Å². The molecule has 0 spiro atoms. The zero-order valence-corrected chi connectivity index (χ0v) is 11.4. The number of Topliss-reactive ketones (excluding diaryl/α,β-unsaturated/α-hetero) is 1. The van der Waals surface area contributed by atoms with E-state index in [1.165, 1.54) is 19.2 Å². The van der Waals surface area contributed by atoms with E-state index >= 15 is 0 Å². The standard InChI is InChI=1S/C12H14O6S/c1-17-10-5-3-9(4-6-10)11(13)7-19(15,16)8-12(14)18-2/h3-6H,7-8H2,1-2H3. The Morgan fingerprint density at radius 2 is 1.63 bits per heavy atom. The second-order valence-electron chi connectivity index (χ2n) is 3.76. The highest BCUT2D eigenvalue weighted by Crippen LogP contribution is 2.12. The van der Waals surface area contributed by atoms with Gasteiger partial charge in [0, 0.05) is 5.56 Å². The molecule has 0 aliphatic heterocycles. The van der Waals surface area contributed by atoms with E-state index in [-0.39, 0.29) is 5.56 Å². The monoisotopic (exact) mass is 286 g/mol. The highest BCUT2D eigenvalue weighted by Gasteiger charge is 2.22. The Bertz CT molecular complexity index is 558. The molecule has 6 nitrogen and oxygen atoms in total. The Morgan fingerprint density at radius 3 is 2.11 bits per heavy atom. The van der Waals surface area contributed by atoms with Crippen molar-refractivity contribution < 1.29 is 27.5 Å². The first kappa shape index (κ1) is 15.2. The lowest BCUT2D eigenvalue weighted by molar-refractivity contribution is -0.137. The Morgan fingerprint density at radius 1 is 1.05 bits per heavy atom. The van der Waals surface area contributed by atoms with Crippen LogP contribution < -0.4 is 4.74 Å². The van der Waals surface area contributed by atoms with Gasteiger partial charge in [-0.05, 0) is 24.3 Å². The second-order valence-corrected chi connectivity index (χ2v) is 5.82. The number of benzene rings is 1. The maximum Gasteiger partial charge on any atom is 0.320 e. The molecule has 0 unspecified atom stereocenters. The molecular weight excluding hydrogens is 272 g/mol. The van der Waals surface area contributed by atoms with Gasteiger partial charge in [0.1, 0.15) is 17.3 Å². The first-order valence-electron chi connectivity index (χ1n) is 5.32. The fraction of sp³-hybridized carbons (Fsp3) is 0.333. The summed E-state index contributed by atoms with van der Waals surface area (Å²) in [4.78, 5) is 22.7. The predicted molar refractivity (Wildman–Crippen MR) is 68.0 cm³/mol. The van der Waals surface area contributed by atoms with Gasteiger partial charge >= 0.3 is 5.97 Å². The van der Waals surface area contributed by atoms with Crippen molar-refractivity contribution in [3.05, 3.63) is 29.8 Å². The molecule has 0 N–H and O–H groups in total. The molecule has 19 heavy (non-hydrogen) atoms. The Kier molecular flexibility index (Phi) is 5.05. The minimum Gasteiger partial charge on any atom is -0.497 e. The molecule has 0 aliphatic rings. The van der Waals surface area contributed by atoms with Crippen LogP contribution in [0.2, 0.25) is 0 Å². The van der Waals surface area contributed by atoms with Crippen molar-refractivity contribution in [2.45, 2.75) is 0 Å². The van der Waals surface area contributed by atoms with Gasteiger partial charge < -0.3 is 9.47 Å². The molecule has 0 aliphatic carbocycles. The number of rotatable bonds is 6. The minimum atomic E-state index is -3.81. The van der Waals surface area contributed by atoms with Gasteiger partial charge in [-0.25, -0.2) is 8.42 Å². The van der Waals surface area contributed by atoms with E-state index in [2.05, 4.69) is 4.74 Å². The summed E-state index contributed by atoms with van der Waals surface area (Å²) < 4.78 is 32.3. The normalized spacial score (nSPS) is 10.8. The number of esters is 1. The molecule has 0 fully saturated rings. The summed E-state index contributed by atoms with van der Waals surface area (Å²) in [6.07, 6.45) is 0.